The number of esters is 1. The average Bonchev–Trinajstić information content (AvgIpc) is 2.85. The Morgan fingerprint density at radius 2 is 1.71 bits per heavy atom. The zero-order valence-electron chi connectivity index (χ0n) is 18.5. The van der Waals surface area contributed by atoms with E-state index in [9.17, 15) is 25.1 Å². The second kappa shape index (κ2) is 8.77. The number of hydrogen-bond donors (Lipinski definition) is 2. The summed E-state index contributed by atoms with van der Waals surface area (Å²) >= 11 is 0. The van der Waals surface area contributed by atoms with Crippen molar-refractivity contribution in [2.24, 2.45) is 0 Å². The van der Waals surface area contributed by atoms with E-state index in [1.54, 1.807) is 55.5 Å². The number of carbonyl (C=O) groups excluding carboxylic acids is 1. The molecule has 1 heterocycles. The van der Waals surface area contributed by atoms with Crippen molar-refractivity contribution in [3.8, 4) is 11.5 Å². The van der Waals surface area contributed by atoms with E-state index in [1.807, 2.05) is 0 Å². The molecule has 3 aromatic rings. The van der Waals surface area contributed by atoms with E-state index >= 15 is 0 Å². The number of fused-ring (bicyclic) bond motifs is 1. The van der Waals surface area contributed by atoms with Crippen LogP contribution in [-0.4, -0.2) is 40.4 Å². The van der Waals surface area contributed by atoms with Gasteiger partial charge in [0, 0.05) is 23.3 Å². The van der Waals surface area contributed by atoms with Gasteiger partial charge in [-0.25, -0.2) is 4.79 Å². The summed E-state index contributed by atoms with van der Waals surface area (Å²) in [6, 6.07) is 18.2. The lowest BCUT2D eigenvalue weighted by Crippen LogP contribution is -2.66. The topological polar surface area (TPSA) is 128 Å². The van der Waals surface area contributed by atoms with Crippen LogP contribution in [0.4, 0.5) is 5.69 Å². The Morgan fingerprint density at radius 3 is 2.29 bits per heavy atom. The molecule has 0 saturated carbocycles. The van der Waals surface area contributed by atoms with Gasteiger partial charge >= 0.3 is 5.97 Å². The summed E-state index contributed by atoms with van der Waals surface area (Å²) in [5.74, 6) is -4.05. The Kier molecular flexibility index (Phi) is 5.99. The van der Waals surface area contributed by atoms with Crippen LogP contribution < -0.4 is 9.47 Å². The molecule has 4 rings (SSSR count). The number of non-ortho nitro benzene ring substituents is 1. The zero-order chi connectivity index (χ0) is 24.5. The zero-order valence-corrected chi connectivity index (χ0v) is 18.5. The molecule has 0 bridgehead atoms. The molecule has 0 spiro atoms. The third-order valence-electron chi connectivity index (χ3n) is 5.93. The highest BCUT2D eigenvalue weighted by Gasteiger charge is 2.67. The summed E-state index contributed by atoms with van der Waals surface area (Å²) in [6.07, 6.45) is 0. The van der Waals surface area contributed by atoms with Crippen molar-refractivity contribution < 1.29 is 34.1 Å². The quantitative estimate of drug-likeness (QED) is 0.322. The number of carbonyl (C=O) groups is 1. The molecule has 0 fully saturated rings. The van der Waals surface area contributed by atoms with E-state index in [0.717, 1.165) is 12.1 Å². The van der Waals surface area contributed by atoms with Crippen molar-refractivity contribution >= 4 is 11.7 Å². The second-order valence-corrected chi connectivity index (χ2v) is 7.78. The molecule has 34 heavy (non-hydrogen) atoms. The largest absolute Gasteiger partial charge is 0.497 e. The number of para-hydroxylation sites is 1. The van der Waals surface area contributed by atoms with Gasteiger partial charge in [0.15, 0.2) is 0 Å². The number of methoxy groups -OCH3 is 1. The van der Waals surface area contributed by atoms with Crippen molar-refractivity contribution in [2.75, 3.05) is 13.7 Å². The molecule has 1 aliphatic heterocycles. The molecule has 2 N–H and O–H groups in total. The maximum atomic E-state index is 13.4. The molecule has 0 radical (unpaired) electrons. The predicted octanol–water partition coefficient (Wildman–Crippen LogP) is 3.27. The standard InChI is InChI=1S/C25H23NO8/c1-3-33-23(27)24(28)22(16-8-14-19(32-2)15-9-16)20-6-4-5-7-21(20)34-25(24,29)17-10-12-18(13-11-17)26(30)31/h4-15,22,28-29H,3H2,1-2H3/t22?,24-,25+/m1/s1. The number of nitro groups is 1. The second-order valence-electron chi connectivity index (χ2n) is 7.78. The SMILES string of the molecule is CCOC(=O)[C@]1(O)C(c2ccc(OC)cc2)c2ccccc2O[C@@]1(O)c1ccc([N+](=O)[O-])cc1. The van der Waals surface area contributed by atoms with Crippen LogP contribution in [0.2, 0.25) is 0 Å². The molecule has 9 nitrogen and oxygen atoms in total. The van der Waals surface area contributed by atoms with Gasteiger partial charge in [0.1, 0.15) is 11.5 Å². The van der Waals surface area contributed by atoms with Gasteiger partial charge in [0.25, 0.3) is 11.5 Å². The third kappa shape index (κ3) is 3.55. The lowest BCUT2D eigenvalue weighted by Gasteiger charge is -2.49. The molecule has 0 amide bonds. The van der Waals surface area contributed by atoms with Crippen molar-refractivity contribution in [1.29, 1.82) is 0 Å². The first-order valence-electron chi connectivity index (χ1n) is 10.5. The fourth-order valence-electron chi connectivity index (χ4n) is 4.27. The fraction of sp³-hybridized carbons (Fsp3) is 0.240. The molecular formula is C25H23NO8. The van der Waals surface area contributed by atoms with Crippen LogP contribution in [0.1, 0.15) is 29.5 Å². The number of ether oxygens (including phenoxy) is 3. The van der Waals surface area contributed by atoms with Gasteiger partial charge in [-0.05, 0) is 42.8 Å². The molecule has 3 aromatic carbocycles. The first-order chi connectivity index (χ1) is 16.3. The van der Waals surface area contributed by atoms with Gasteiger partial charge in [-0.3, -0.25) is 10.1 Å². The third-order valence-corrected chi connectivity index (χ3v) is 5.93. The Morgan fingerprint density at radius 1 is 1.06 bits per heavy atom. The molecule has 0 aliphatic carbocycles. The van der Waals surface area contributed by atoms with E-state index < -0.39 is 28.2 Å². The summed E-state index contributed by atoms with van der Waals surface area (Å²) < 4.78 is 16.3. The van der Waals surface area contributed by atoms with Crippen LogP contribution in [-0.2, 0) is 15.3 Å². The van der Waals surface area contributed by atoms with Crippen LogP contribution in [0.25, 0.3) is 0 Å². The predicted molar refractivity (Wildman–Crippen MR) is 120 cm³/mol. The Balaban J connectivity index is 1.99. The summed E-state index contributed by atoms with van der Waals surface area (Å²) in [6.45, 7) is 1.51. The minimum atomic E-state index is -2.65. The minimum Gasteiger partial charge on any atom is -0.497 e. The van der Waals surface area contributed by atoms with Gasteiger partial charge in [-0.15, -0.1) is 0 Å². The van der Waals surface area contributed by atoms with Gasteiger partial charge in [0.05, 0.1) is 24.6 Å². The normalized spacial score (nSPS) is 23.4. The molecule has 1 unspecified atom stereocenters. The molecular weight excluding hydrogens is 442 g/mol. The smallest absolute Gasteiger partial charge is 0.346 e. The van der Waals surface area contributed by atoms with Crippen molar-refractivity contribution in [3.05, 3.63) is 99.6 Å². The monoisotopic (exact) mass is 465 g/mol. The highest BCUT2D eigenvalue weighted by Crippen LogP contribution is 2.54. The summed E-state index contributed by atoms with van der Waals surface area (Å²) in [5, 5.41) is 35.1. The first kappa shape index (κ1) is 23.2. The number of hydrogen-bond acceptors (Lipinski definition) is 8. The number of aliphatic hydroxyl groups is 2. The Labute approximate surface area is 195 Å². The van der Waals surface area contributed by atoms with Crippen LogP contribution in [0, 0.1) is 10.1 Å². The molecule has 9 heteroatoms. The van der Waals surface area contributed by atoms with Crippen LogP contribution >= 0.6 is 0 Å². The van der Waals surface area contributed by atoms with Crippen molar-refractivity contribution in [1.82, 2.24) is 0 Å². The van der Waals surface area contributed by atoms with Crippen molar-refractivity contribution in [3.63, 3.8) is 0 Å². The maximum Gasteiger partial charge on any atom is 0.346 e. The lowest BCUT2D eigenvalue weighted by atomic mass is 9.68. The van der Waals surface area contributed by atoms with E-state index in [4.69, 9.17) is 14.2 Å². The lowest BCUT2D eigenvalue weighted by molar-refractivity contribution is -0.384. The number of nitro benzene ring substituents is 1. The number of benzene rings is 3. The van der Waals surface area contributed by atoms with E-state index in [-0.39, 0.29) is 23.6 Å². The van der Waals surface area contributed by atoms with Crippen LogP contribution in [0.5, 0.6) is 11.5 Å². The van der Waals surface area contributed by atoms with Gasteiger partial charge in [-0.1, -0.05) is 30.3 Å². The minimum absolute atomic E-state index is 0.0540. The van der Waals surface area contributed by atoms with E-state index in [2.05, 4.69) is 0 Å². The molecule has 1 aliphatic rings. The van der Waals surface area contributed by atoms with Gasteiger partial charge < -0.3 is 24.4 Å². The summed E-state index contributed by atoms with van der Waals surface area (Å²) in [7, 11) is 1.51. The molecule has 0 aromatic heterocycles. The highest BCUT2D eigenvalue weighted by atomic mass is 16.7. The molecule has 0 saturated heterocycles. The van der Waals surface area contributed by atoms with E-state index in [1.165, 1.54) is 19.2 Å². The summed E-state index contributed by atoms with van der Waals surface area (Å²) in [4.78, 5) is 23.9. The van der Waals surface area contributed by atoms with Crippen LogP contribution in [0.15, 0.2) is 72.8 Å². The number of nitrogens with zero attached hydrogens (tertiary/aromatic N) is 1. The van der Waals surface area contributed by atoms with Crippen molar-refractivity contribution in [2.45, 2.75) is 24.2 Å². The highest BCUT2D eigenvalue weighted by molar-refractivity contribution is 5.85. The van der Waals surface area contributed by atoms with Gasteiger partial charge in [-0.2, -0.15) is 0 Å². The Bertz CT molecular complexity index is 1210. The number of rotatable bonds is 6. The van der Waals surface area contributed by atoms with Gasteiger partial charge in [0.2, 0.25) is 5.60 Å². The summed E-state index contributed by atoms with van der Waals surface area (Å²) in [5.41, 5.74) is -1.99. The Hall–Kier alpha value is -3.95. The molecule has 3 atom stereocenters. The first-order valence-corrected chi connectivity index (χ1v) is 10.5. The average molecular weight is 465 g/mol. The van der Waals surface area contributed by atoms with Crippen LogP contribution in [0.3, 0.4) is 0 Å². The fourth-order valence-corrected chi connectivity index (χ4v) is 4.27. The maximum absolute atomic E-state index is 13.4. The molecule has 176 valence electrons. The van der Waals surface area contributed by atoms with E-state index in [0.29, 0.717) is 16.9 Å².